The molecule has 1 saturated heterocycles. The van der Waals surface area contributed by atoms with Crippen molar-refractivity contribution in [1.82, 2.24) is 10.2 Å². The number of nitrogens with one attached hydrogen (secondary N) is 1. The maximum absolute atomic E-state index is 12.9. The number of carbonyl (C=O) groups excluding carboxylic acids is 1. The molecule has 0 radical (unpaired) electrons. The van der Waals surface area contributed by atoms with Crippen LogP contribution >= 0.6 is 0 Å². The summed E-state index contributed by atoms with van der Waals surface area (Å²) in [5, 5.41) is 3.19. The highest BCUT2D eigenvalue weighted by Crippen LogP contribution is 2.38. The average molecular weight is 322 g/mol. The average Bonchev–Trinajstić information content (AvgIpc) is 3.23. The molecule has 2 fully saturated rings. The van der Waals surface area contributed by atoms with Crippen molar-refractivity contribution in [3.8, 4) is 0 Å². The fourth-order valence-electron chi connectivity index (χ4n) is 3.03. The monoisotopic (exact) mass is 322 g/mol. The van der Waals surface area contributed by atoms with Gasteiger partial charge in [-0.1, -0.05) is 18.2 Å². The lowest BCUT2D eigenvalue weighted by Gasteiger charge is -2.36. The third-order valence-electron chi connectivity index (χ3n) is 5.14. The summed E-state index contributed by atoms with van der Waals surface area (Å²) in [5.41, 5.74) is -0.331. The molecular formula is C18H24F2N2O. The smallest absolute Gasteiger partial charge is 0.263 e. The Hall–Kier alpha value is -1.49. The van der Waals surface area contributed by atoms with Gasteiger partial charge in [0.2, 0.25) is 5.91 Å². The molecule has 1 aliphatic carbocycles. The fraction of sp³-hybridized carbons (Fsp3) is 0.611. The van der Waals surface area contributed by atoms with E-state index >= 15 is 0 Å². The second-order valence-corrected chi connectivity index (χ2v) is 7.42. The zero-order chi connectivity index (χ0) is 16.7. The third kappa shape index (κ3) is 3.39. The molecule has 3 rings (SSSR count). The predicted octanol–water partition coefficient (Wildman–Crippen LogP) is 3.26. The van der Waals surface area contributed by atoms with E-state index in [0.717, 1.165) is 32.5 Å². The van der Waals surface area contributed by atoms with Gasteiger partial charge in [-0.2, -0.15) is 0 Å². The number of carbonyl (C=O) groups is 1. The lowest BCUT2D eigenvalue weighted by molar-refractivity contribution is -0.126. The Balaban J connectivity index is 1.71. The van der Waals surface area contributed by atoms with E-state index in [-0.39, 0.29) is 17.0 Å². The van der Waals surface area contributed by atoms with Crippen molar-refractivity contribution in [1.29, 1.82) is 0 Å². The minimum Gasteiger partial charge on any atom is -0.349 e. The summed E-state index contributed by atoms with van der Waals surface area (Å²) in [6.07, 6.45) is 0.718. The Bertz CT molecular complexity index is 592. The van der Waals surface area contributed by atoms with E-state index in [1.54, 1.807) is 26.0 Å². The highest BCUT2D eigenvalue weighted by atomic mass is 19.3. The molecule has 1 amide bonds. The Morgan fingerprint density at radius 1 is 1.35 bits per heavy atom. The van der Waals surface area contributed by atoms with Crippen molar-refractivity contribution in [3.63, 3.8) is 0 Å². The van der Waals surface area contributed by atoms with Crippen LogP contribution in [0.4, 0.5) is 8.78 Å². The molecule has 1 aliphatic heterocycles. The van der Waals surface area contributed by atoms with Gasteiger partial charge in [0.25, 0.3) is 6.43 Å². The van der Waals surface area contributed by atoms with Gasteiger partial charge in [0.1, 0.15) is 0 Å². The van der Waals surface area contributed by atoms with Crippen molar-refractivity contribution < 1.29 is 13.6 Å². The van der Waals surface area contributed by atoms with Crippen LogP contribution in [0.25, 0.3) is 0 Å². The summed E-state index contributed by atoms with van der Waals surface area (Å²) >= 11 is 0. The number of hydrogen-bond acceptors (Lipinski definition) is 2. The van der Waals surface area contributed by atoms with Crippen LogP contribution in [0.15, 0.2) is 24.3 Å². The Morgan fingerprint density at radius 2 is 2.04 bits per heavy atom. The first-order valence-electron chi connectivity index (χ1n) is 8.26. The molecule has 0 bridgehead atoms. The van der Waals surface area contributed by atoms with Crippen molar-refractivity contribution >= 4 is 5.91 Å². The maximum Gasteiger partial charge on any atom is 0.263 e. The van der Waals surface area contributed by atoms with Crippen LogP contribution in [-0.4, -0.2) is 36.0 Å². The highest BCUT2D eigenvalue weighted by molar-refractivity contribution is 5.88. The molecule has 2 aliphatic rings. The molecule has 1 N–H and O–H groups in total. The first-order chi connectivity index (χ1) is 10.8. The molecule has 1 aromatic carbocycles. The van der Waals surface area contributed by atoms with Crippen LogP contribution in [0, 0.1) is 0 Å². The van der Waals surface area contributed by atoms with Crippen LogP contribution in [-0.2, 0) is 10.2 Å². The number of likely N-dealkylation sites (tertiary alicyclic amines) is 1. The Kier molecular flexibility index (Phi) is 4.17. The first-order valence-corrected chi connectivity index (χ1v) is 8.26. The third-order valence-corrected chi connectivity index (χ3v) is 5.14. The van der Waals surface area contributed by atoms with E-state index in [4.69, 9.17) is 0 Å². The molecule has 0 unspecified atom stereocenters. The maximum atomic E-state index is 12.9. The summed E-state index contributed by atoms with van der Waals surface area (Å²) in [6.45, 7) is 6.72. The van der Waals surface area contributed by atoms with Gasteiger partial charge in [0.05, 0.1) is 11.0 Å². The van der Waals surface area contributed by atoms with Crippen molar-refractivity contribution in [2.75, 3.05) is 19.6 Å². The quantitative estimate of drug-likeness (QED) is 0.872. The second-order valence-electron chi connectivity index (χ2n) is 7.42. The number of amides is 1. The van der Waals surface area contributed by atoms with E-state index in [1.165, 1.54) is 18.6 Å². The lowest BCUT2D eigenvalue weighted by Crippen LogP contribution is -2.53. The van der Waals surface area contributed by atoms with Crippen LogP contribution in [0.1, 0.15) is 50.7 Å². The molecule has 1 aromatic rings. The molecular weight excluding hydrogens is 298 g/mol. The molecule has 0 spiro atoms. The minimum atomic E-state index is -2.52. The van der Waals surface area contributed by atoms with Gasteiger partial charge in [0.15, 0.2) is 0 Å². The number of rotatable bonds is 6. The molecule has 0 aromatic heterocycles. The Labute approximate surface area is 136 Å². The second kappa shape index (κ2) is 5.86. The molecule has 3 nitrogen and oxygen atoms in total. The molecule has 5 heteroatoms. The predicted molar refractivity (Wildman–Crippen MR) is 85.6 cm³/mol. The zero-order valence-corrected chi connectivity index (χ0v) is 13.7. The van der Waals surface area contributed by atoms with E-state index in [1.807, 2.05) is 0 Å². The van der Waals surface area contributed by atoms with Gasteiger partial charge in [0, 0.05) is 12.1 Å². The number of benzene rings is 1. The van der Waals surface area contributed by atoms with E-state index in [2.05, 4.69) is 10.2 Å². The topological polar surface area (TPSA) is 32.3 Å². The molecule has 126 valence electrons. The molecule has 0 atom stereocenters. The van der Waals surface area contributed by atoms with Gasteiger partial charge in [-0.15, -0.1) is 0 Å². The summed E-state index contributed by atoms with van der Waals surface area (Å²) in [4.78, 5) is 15.1. The molecule has 1 saturated carbocycles. The zero-order valence-electron chi connectivity index (χ0n) is 13.7. The van der Waals surface area contributed by atoms with E-state index in [9.17, 15) is 13.6 Å². The SMILES string of the molecule is CC(C)(C(=O)NC1(CN2CCC2)CC1)c1cccc(C(F)F)c1. The fourth-order valence-corrected chi connectivity index (χ4v) is 3.03. The van der Waals surface area contributed by atoms with E-state index < -0.39 is 11.8 Å². The molecule has 1 heterocycles. The van der Waals surface area contributed by atoms with Crippen molar-refractivity contribution in [2.24, 2.45) is 0 Å². The van der Waals surface area contributed by atoms with E-state index in [0.29, 0.717) is 5.56 Å². The number of halogens is 2. The first kappa shape index (κ1) is 16.4. The van der Waals surface area contributed by atoms with Crippen LogP contribution < -0.4 is 5.32 Å². The van der Waals surface area contributed by atoms with Gasteiger partial charge < -0.3 is 10.2 Å². The minimum absolute atomic E-state index is 0.0370. The molecule has 23 heavy (non-hydrogen) atoms. The van der Waals surface area contributed by atoms with Gasteiger partial charge >= 0.3 is 0 Å². The van der Waals surface area contributed by atoms with Crippen LogP contribution in [0.3, 0.4) is 0 Å². The van der Waals surface area contributed by atoms with Crippen molar-refractivity contribution in [3.05, 3.63) is 35.4 Å². The summed E-state index contributed by atoms with van der Waals surface area (Å²) in [6, 6.07) is 6.19. The van der Waals surface area contributed by atoms with Crippen LogP contribution in [0.2, 0.25) is 0 Å². The summed E-state index contributed by atoms with van der Waals surface area (Å²) in [5.74, 6) is -0.0815. The summed E-state index contributed by atoms with van der Waals surface area (Å²) in [7, 11) is 0. The van der Waals surface area contributed by atoms with Gasteiger partial charge in [-0.25, -0.2) is 8.78 Å². The Morgan fingerprint density at radius 3 is 2.57 bits per heavy atom. The van der Waals surface area contributed by atoms with Crippen molar-refractivity contribution in [2.45, 2.75) is 50.5 Å². The largest absolute Gasteiger partial charge is 0.349 e. The number of hydrogen-bond donors (Lipinski definition) is 1. The number of alkyl halides is 2. The summed E-state index contributed by atoms with van der Waals surface area (Å²) < 4.78 is 25.8. The standard InChI is InChI=1S/C18H24F2N2O/c1-17(2,14-6-3-5-13(11-14)15(19)20)16(23)21-18(7-8-18)12-22-9-4-10-22/h3,5-6,11,15H,4,7-10,12H2,1-2H3,(H,21,23). The normalized spacial score (nSPS) is 20.2. The van der Waals surface area contributed by atoms with Crippen LogP contribution in [0.5, 0.6) is 0 Å². The van der Waals surface area contributed by atoms with Gasteiger partial charge in [-0.3, -0.25) is 4.79 Å². The highest BCUT2D eigenvalue weighted by Gasteiger charge is 2.48. The lowest BCUT2D eigenvalue weighted by atomic mass is 9.82. The number of nitrogens with zero attached hydrogens (tertiary/aromatic N) is 1. The van der Waals surface area contributed by atoms with Gasteiger partial charge in [-0.05, 0) is 57.8 Å².